The van der Waals surface area contributed by atoms with Gasteiger partial charge in [0.25, 0.3) is 22.8 Å². The van der Waals surface area contributed by atoms with E-state index in [2.05, 4.69) is 50.3 Å². The van der Waals surface area contributed by atoms with Crippen molar-refractivity contribution in [3.05, 3.63) is 299 Å². The van der Waals surface area contributed by atoms with Crippen molar-refractivity contribution in [1.29, 1.82) is 0 Å². The summed E-state index contributed by atoms with van der Waals surface area (Å²) in [5.74, 6) is -5.32. The van der Waals surface area contributed by atoms with E-state index in [4.69, 9.17) is 26.3 Å². The Morgan fingerprint density at radius 2 is 0.610 bits per heavy atom. The van der Waals surface area contributed by atoms with Gasteiger partial charge in [0, 0.05) is 17.1 Å². The molecule has 0 saturated heterocycles. The van der Waals surface area contributed by atoms with Crippen LogP contribution >= 0.6 is 0 Å². The van der Waals surface area contributed by atoms with Crippen LogP contribution in [0, 0.1) is 40.1 Å². The van der Waals surface area contributed by atoms with Crippen molar-refractivity contribution in [3.63, 3.8) is 0 Å². The van der Waals surface area contributed by atoms with E-state index in [1.165, 1.54) is 24.3 Å². The van der Waals surface area contributed by atoms with Crippen LogP contribution in [0.1, 0.15) is 66.8 Å². The minimum absolute atomic E-state index is 0.423. The minimum atomic E-state index is -1.33. The summed E-state index contributed by atoms with van der Waals surface area (Å²) < 4.78 is 0. The predicted octanol–water partition coefficient (Wildman–Crippen LogP) is 14.3. The zero-order valence-electron chi connectivity index (χ0n) is 41.2. The average molecular weight is 1010 g/mol. The van der Waals surface area contributed by atoms with Gasteiger partial charge in [-0.25, -0.2) is 19.4 Å². The standard InChI is InChI=1S/C64H43N5O8/c1-40-8-7-9-60(41(40)2)69(52-30-18-42(19-31-52)34-54(48-22-10-44(11-23-48)36-56(65-3)61(70)71)49-24-12-45(13-25-49)37-57(66-4)62(72)73)53-32-20-43(21-33-53)35-55(50-26-14-46(15-27-50)38-58(67-5)63(74)75)51-28-16-47(17-29-51)39-59(68-6)64(76)77/h7-39H,1-2H3,(H,70,71)(H,72,73)(H,74,75)(H,76,77)/b56-36-,57-37-,58-38-,59-39-. The maximum atomic E-state index is 11.6. The van der Waals surface area contributed by atoms with Gasteiger partial charge >= 0.3 is 23.9 Å². The number of carbonyl (C=O) groups is 4. The largest absolute Gasteiger partial charge is 0.486 e. The van der Waals surface area contributed by atoms with E-state index in [0.29, 0.717) is 22.3 Å². The highest BCUT2D eigenvalue weighted by molar-refractivity contribution is 5.98. The van der Waals surface area contributed by atoms with Gasteiger partial charge in [-0.15, -0.1) is 0 Å². The van der Waals surface area contributed by atoms with Crippen LogP contribution in [0.4, 0.5) is 17.1 Å². The van der Waals surface area contributed by atoms with Crippen molar-refractivity contribution >= 4 is 88.5 Å². The Morgan fingerprint density at radius 1 is 0.364 bits per heavy atom. The Kier molecular flexibility index (Phi) is 16.9. The van der Waals surface area contributed by atoms with E-state index in [-0.39, 0.29) is 0 Å². The maximum Gasteiger partial charge on any atom is 0.333 e. The molecule has 77 heavy (non-hydrogen) atoms. The number of aliphatic carboxylic acids is 4. The van der Waals surface area contributed by atoms with Crippen LogP contribution in [-0.2, 0) is 19.2 Å². The number of hydrogen-bond acceptors (Lipinski definition) is 5. The summed E-state index contributed by atoms with van der Waals surface area (Å²) in [4.78, 5) is 60.9. The predicted molar refractivity (Wildman–Crippen MR) is 299 cm³/mol. The third-order valence-electron chi connectivity index (χ3n) is 12.2. The molecule has 7 aromatic rings. The van der Waals surface area contributed by atoms with Crippen molar-refractivity contribution in [2.24, 2.45) is 0 Å². The van der Waals surface area contributed by atoms with E-state index in [1.54, 1.807) is 48.5 Å². The number of anilines is 3. The molecular formula is C64H43N5O8. The van der Waals surface area contributed by atoms with Gasteiger partial charge < -0.3 is 25.3 Å². The lowest BCUT2D eigenvalue weighted by Gasteiger charge is -2.28. The zero-order valence-corrected chi connectivity index (χ0v) is 41.2. The fourth-order valence-corrected chi connectivity index (χ4v) is 8.08. The summed E-state index contributed by atoms with van der Waals surface area (Å²) >= 11 is 0. The summed E-state index contributed by atoms with van der Waals surface area (Å²) in [6.45, 7) is 33.2. The van der Waals surface area contributed by atoms with Gasteiger partial charge in [-0.3, -0.25) is 19.2 Å². The van der Waals surface area contributed by atoms with Crippen molar-refractivity contribution in [3.8, 4) is 0 Å². The molecule has 13 heteroatoms. The molecule has 0 aliphatic rings. The van der Waals surface area contributed by atoms with Crippen molar-refractivity contribution in [2.75, 3.05) is 4.90 Å². The highest BCUT2D eigenvalue weighted by atomic mass is 16.4. The molecule has 0 amide bonds. The zero-order chi connectivity index (χ0) is 55.2. The fourth-order valence-electron chi connectivity index (χ4n) is 8.08. The first-order chi connectivity index (χ1) is 37.1. The van der Waals surface area contributed by atoms with E-state index in [9.17, 15) is 39.6 Å². The molecule has 13 nitrogen and oxygen atoms in total. The maximum absolute atomic E-state index is 11.6. The van der Waals surface area contributed by atoms with Gasteiger partial charge in [-0.1, -0.05) is 133 Å². The average Bonchev–Trinajstić information content (AvgIpc) is 3.44. The molecule has 0 saturated carbocycles. The lowest BCUT2D eigenvalue weighted by molar-refractivity contribution is -0.133. The number of nitrogens with zero attached hydrogens (tertiary/aromatic N) is 5. The molecule has 7 rings (SSSR count). The Labute approximate surface area is 444 Å². The molecule has 0 atom stereocenters. The molecule has 0 bridgehead atoms. The molecule has 0 heterocycles. The van der Waals surface area contributed by atoms with E-state index in [1.807, 2.05) is 115 Å². The second kappa shape index (κ2) is 24.4. The Balaban J connectivity index is 1.29. The number of aryl methyl sites for hydroxylation is 1. The molecule has 372 valence electrons. The first kappa shape index (κ1) is 53.4. The van der Waals surface area contributed by atoms with Crippen LogP contribution in [0.2, 0.25) is 0 Å². The third kappa shape index (κ3) is 13.2. The highest BCUT2D eigenvalue weighted by Crippen LogP contribution is 2.39. The third-order valence-corrected chi connectivity index (χ3v) is 12.2. The first-order valence-corrected chi connectivity index (χ1v) is 23.3. The lowest BCUT2D eigenvalue weighted by atomic mass is 9.93. The topological polar surface area (TPSA) is 170 Å². The molecule has 0 aromatic heterocycles. The van der Waals surface area contributed by atoms with Crippen LogP contribution in [0.5, 0.6) is 0 Å². The molecule has 7 aromatic carbocycles. The van der Waals surface area contributed by atoms with Gasteiger partial charge in [-0.2, -0.15) is 0 Å². The molecule has 4 N–H and O–H groups in total. The van der Waals surface area contributed by atoms with Crippen molar-refractivity contribution in [1.82, 2.24) is 0 Å². The van der Waals surface area contributed by atoms with Gasteiger partial charge in [0.1, 0.15) is 0 Å². The molecule has 0 aliphatic carbocycles. The summed E-state index contributed by atoms with van der Waals surface area (Å²) in [6, 6.07) is 50.5. The van der Waals surface area contributed by atoms with Crippen molar-refractivity contribution in [2.45, 2.75) is 13.8 Å². The molecule has 0 aliphatic heterocycles. The van der Waals surface area contributed by atoms with E-state index >= 15 is 0 Å². The molecule has 0 fully saturated rings. The van der Waals surface area contributed by atoms with Crippen LogP contribution < -0.4 is 4.90 Å². The fraction of sp³-hybridized carbons (Fsp3) is 0.0312. The van der Waals surface area contributed by atoms with Crippen LogP contribution in [0.25, 0.3) is 67.0 Å². The Bertz CT molecular complexity index is 3410. The Hall–Kier alpha value is -11.4. The number of carboxylic acid groups (broad SMARTS) is 4. The monoisotopic (exact) mass is 1010 g/mol. The number of rotatable bonds is 17. The number of carboxylic acids is 4. The highest BCUT2D eigenvalue weighted by Gasteiger charge is 2.18. The summed E-state index contributed by atoms with van der Waals surface area (Å²) in [5.41, 5.74) is 11.6. The first-order valence-electron chi connectivity index (χ1n) is 23.3. The normalized spacial score (nSPS) is 11.4. The van der Waals surface area contributed by atoms with Crippen LogP contribution in [0.3, 0.4) is 0 Å². The second-order valence-electron chi connectivity index (χ2n) is 17.1. The number of hydrogen-bond donors (Lipinski definition) is 4. The second-order valence-corrected chi connectivity index (χ2v) is 17.1. The smallest absolute Gasteiger partial charge is 0.333 e. The molecule has 0 radical (unpaired) electrons. The SMILES string of the molecule is [C-]#[N+]/C(=C\c1ccc(C(=Cc2ccc(N(c3ccc(C=C(c4ccc(/C=C(\[N+]#[C-])C(=O)O)cc4)c4ccc(/C=C(\[N+]#[C-])C(=O)O)cc4)cc3)c3cccc(C)c3C)cc2)c2ccc(/C=C(\[N+]#[C-])C(=O)O)cc2)cc1)C(=O)O. The van der Waals surface area contributed by atoms with Crippen LogP contribution in [-0.4, -0.2) is 44.3 Å². The summed E-state index contributed by atoms with van der Waals surface area (Å²) in [7, 11) is 0. The van der Waals surface area contributed by atoms with E-state index in [0.717, 1.165) is 72.7 Å². The quantitative estimate of drug-likeness (QED) is 0.0394. The molecule has 0 spiro atoms. The molecule has 0 unspecified atom stereocenters. The van der Waals surface area contributed by atoms with Gasteiger partial charge in [-0.05, 0) is 159 Å². The molecular weight excluding hydrogens is 967 g/mol. The van der Waals surface area contributed by atoms with Crippen LogP contribution in [0.15, 0.2) is 187 Å². The minimum Gasteiger partial charge on any atom is -0.486 e. The van der Waals surface area contributed by atoms with Gasteiger partial charge in [0.05, 0.1) is 26.3 Å². The van der Waals surface area contributed by atoms with Crippen molar-refractivity contribution < 1.29 is 39.6 Å². The van der Waals surface area contributed by atoms with Gasteiger partial charge in [0.2, 0.25) is 0 Å². The number of benzene rings is 7. The summed E-state index contributed by atoms with van der Waals surface area (Å²) in [6.07, 6.45) is 9.19. The Morgan fingerprint density at radius 3 is 0.857 bits per heavy atom. The lowest BCUT2D eigenvalue weighted by Crippen LogP contribution is -2.11. The van der Waals surface area contributed by atoms with Gasteiger partial charge in [0.15, 0.2) is 0 Å². The summed E-state index contributed by atoms with van der Waals surface area (Å²) in [5, 5.41) is 37.7. The van der Waals surface area contributed by atoms with E-state index < -0.39 is 46.7 Å².